The highest BCUT2D eigenvalue weighted by Crippen LogP contribution is 2.05. The number of carbonyl (C=O) groups is 2. The largest absolute Gasteiger partial charge is 0.459 e. The third-order valence-corrected chi connectivity index (χ3v) is 2.62. The van der Waals surface area contributed by atoms with Crippen molar-refractivity contribution < 1.29 is 14.3 Å². The van der Waals surface area contributed by atoms with Crippen molar-refractivity contribution in [2.24, 2.45) is 0 Å². The minimum absolute atomic E-state index is 0.219. The second kappa shape index (κ2) is 6.79. The number of hydrogen-bond donors (Lipinski definition) is 0. The number of hydrogen-bond acceptors (Lipinski definition) is 3. The van der Waals surface area contributed by atoms with Gasteiger partial charge < -0.3 is 9.64 Å². The van der Waals surface area contributed by atoms with E-state index in [1.165, 1.54) is 10.5 Å². The van der Waals surface area contributed by atoms with Gasteiger partial charge in [0, 0.05) is 13.6 Å². The summed E-state index contributed by atoms with van der Waals surface area (Å²) in [5, 5.41) is 0. The first-order valence-electron chi connectivity index (χ1n) is 6.02. The maximum Gasteiger partial charge on any atom is 0.396 e. The van der Waals surface area contributed by atoms with E-state index in [1.807, 2.05) is 25.1 Å². The van der Waals surface area contributed by atoms with Crippen molar-refractivity contribution >= 4 is 11.9 Å². The van der Waals surface area contributed by atoms with Crippen LogP contribution in [0.15, 0.2) is 24.3 Å². The fourth-order valence-corrected chi connectivity index (χ4v) is 1.61. The Morgan fingerprint density at radius 3 is 2.67 bits per heavy atom. The molecule has 0 aromatic heterocycles. The normalized spacial score (nSPS) is 9.94. The molecule has 0 radical (unpaired) electrons. The summed E-state index contributed by atoms with van der Waals surface area (Å²) in [4.78, 5) is 24.2. The molecule has 0 heterocycles. The van der Waals surface area contributed by atoms with Crippen LogP contribution in [0.5, 0.6) is 0 Å². The molecule has 0 aliphatic rings. The van der Waals surface area contributed by atoms with E-state index in [9.17, 15) is 9.59 Å². The zero-order valence-corrected chi connectivity index (χ0v) is 11.1. The molecule has 0 unspecified atom stereocenters. The molecule has 1 rings (SSSR count). The summed E-state index contributed by atoms with van der Waals surface area (Å²) < 4.78 is 4.67. The van der Waals surface area contributed by atoms with Crippen LogP contribution in [0.2, 0.25) is 0 Å². The van der Waals surface area contributed by atoms with Gasteiger partial charge in [-0.1, -0.05) is 29.8 Å². The molecule has 0 bridgehead atoms. The van der Waals surface area contributed by atoms with Gasteiger partial charge in [-0.3, -0.25) is 4.79 Å². The number of aryl methyl sites for hydroxylation is 1. The molecule has 0 aliphatic carbocycles. The van der Waals surface area contributed by atoms with E-state index in [-0.39, 0.29) is 6.61 Å². The summed E-state index contributed by atoms with van der Waals surface area (Å²) >= 11 is 0. The van der Waals surface area contributed by atoms with Crippen LogP contribution in [0, 0.1) is 6.92 Å². The predicted octanol–water partition coefficient (Wildman–Crippen LogP) is 1.56. The van der Waals surface area contributed by atoms with E-state index < -0.39 is 11.9 Å². The molecule has 0 spiro atoms. The average molecular weight is 249 g/mol. The number of esters is 1. The summed E-state index contributed by atoms with van der Waals surface area (Å²) in [5.41, 5.74) is 2.34. The molecule has 4 heteroatoms. The SMILES string of the molecule is CCOC(=O)C(=O)N(C)CCc1cccc(C)c1. The number of ether oxygens (including phenoxy) is 1. The van der Waals surface area contributed by atoms with Crippen molar-refractivity contribution in [3.63, 3.8) is 0 Å². The van der Waals surface area contributed by atoms with Gasteiger partial charge in [-0.05, 0) is 25.8 Å². The van der Waals surface area contributed by atoms with Crippen LogP contribution in [0.1, 0.15) is 18.1 Å². The Labute approximate surface area is 108 Å². The number of carbonyl (C=O) groups excluding carboxylic acids is 2. The number of rotatable bonds is 4. The molecule has 1 amide bonds. The Hall–Kier alpha value is -1.84. The fourth-order valence-electron chi connectivity index (χ4n) is 1.61. The van der Waals surface area contributed by atoms with Gasteiger partial charge in [0.05, 0.1) is 6.61 Å². The molecule has 0 saturated carbocycles. The first kappa shape index (κ1) is 14.2. The van der Waals surface area contributed by atoms with Gasteiger partial charge in [0.1, 0.15) is 0 Å². The van der Waals surface area contributed by atoms with Crippen LogP contribution < -0.4 is 0 Å². The molecule has 1 aromatic rings. The van der Waals surface area contributed by atoms with Crippen molar-refractivity contribution in [1.82, 2.24) is 4.90 Å². The van der Waals surface area contributed by atoms with Crippen molar-refractivity contribution in [3.05, 3.63) is 35.4 Å². The second-order valence-electron chi connectivity index (χ2n) is 4.19. The first-order chi connectivity index (χ1) is 8.54. The topological polar surface area (TPSA) is 46.6 Å². The Bertz CT molecular complexity index is 429. The highest BCUT2D eigenvalue weighted by atomic mass is 16.5. The van der Waals surface area contributed by atoms with Gasteiger partial charge in [-0.2, -0.15) is 0 Å². The van der Waals surface area contributed by atoms with E-state index in [2.05, 4.69) is 10.8 Å². The Morgan fingerprint density at radius 2 is 2.06 bits per heavy atom. The van der Waals surface area contributed by atoms with Gasteiger partial charge in [-0.15, -0.1) is 0 Å². The third kappa shape index (κ3) is 4.20. The van der Waals surface area contributed by atoms with E-state index in [0.29, 0.717) is 6.54 Å². The molecule has 1 aromatic carbocycles. The van der Waals surface area contributed by atoms with E-state index >= 15 is 0 Å². The molecule has 18 heavy (non-hydrogen) atoms. The zero-order valence-electron chi connectivity index (χ0n) is 11.1. The van der Waals surface area contributed by atoms with Crippen LogP contribution in [0.3, 0.4) is 0 Å². The van der Waals surface area contributed by atoms with E-state index in [1.54, 1.807) is 14.0 Å². The van der Waals surface area contributed by atoms with Gasteiger partial charge >= 0.3 is 11.9 Å². The molecular formula is C14H19NO3. The van der Waals surface area contributed by atoms with Crippen molar-refractivity contribution in [2.45, 2.75) is 20.3 Å². The van der Waals surface area contributed by atoms with Crippen LogP contribution >= 0.6 is 0 Å². The summed E-state index contributed by atoms with van der Waals surface area (Å²) in [6.07, 6.45) is 0.726. The Kier molecular flexibility index (Phi) is 5.36. The van der Waals surface area contributed by atoms with E-state index in [0.717, 1.165) is 12.0 Å². The first-order valence-corrected chi connectivity index (χ1v) is 6.02. The van der Waals surface area contributed by atoms with Crippen LogP contribution in [0.25, 0.3) is 0 Å². The Balaban J connectivity index is 2.48. The molecular weight excluding hydrogens is 230 g/mol. The lowest BCUT2D eigenvalue weighted by Crippen LogP contribution is -2.35. The van der Waals surface area contributed by atoms with Gasteiger partial charge in [-0.25, -0.2) is 4.79 Å². The van der Waals surface area contributed by atoms with E-state index in [4.69, 9.17) is 0 Å². The maximum atomic E-state index is 11.6. The predicted molar refractivity (Wildman–Crippen MR) is 69.2 cm³/mol. The minimum atomic E-state index is -0.788. The molecule has 98 valence electrons. The monoisotopic (exact) mass is 249 g/mol. The lowest BCUT2D eigenvalue weighted by molar-refractivity contribution is -0.159. The molecule has 4 nitrogen and oxygen atoms in total. The van der Waals surface area contributed by atoms with Crippen LogP contribution in [-0.4, -0.2) is 37.0 Å². The average Bonchev–Trinajstić information content (AvgIpc) is 2.35. The van der Waals surface area contributed by atoms with Crippen LogP contribution in [0.4, 0.5) is 0 Å². The van der Waals surface area contributed by atoms with Crippen molar-refractivity contribution in [1.29, 1.82) is 0 Å². The smallest absolute Gasteiger partial charge is 0.396 e. The summed E-state index contributed by atoms with van der Waals surface area (Å²) in [5.74, 6) is -1.38. The fraction of sp³-hybridized carbons (Fsp3) is 0.429. The van der Waals surface area contributed by atoms with Gasteiger partial charge in [0.15, 0.2) is 0 Å². The van der Waals surface area contributed by atoms with Crippen molar-refractivity contribution in [2.75, 3.05) is 20.2 Å². The number of likely N-dealkylation sites (N-methyl/N-ethyl adjacent to an activating group) is 1. The zero-order chi connectivity index (χ0) is 13.5. The summed E-state index contributed by atoms with van der Waals surface area (Å²) in [6.45, 7) is 4.42. The molecule has 0 saturated heterocycles. The molecule has 0 atom stereocenters. The lowest BCUT2D eigenvalue weighted by atomic mass is 10.1. The maximum absolute atomic E-state index is 11.6. The highest BCUT2D eigenvalue weighted by molar-refractivity contribution is 6.32. The number of nitrogens with zero attached hydrogens (tertiary/aromatic N) is 1. The quantitative estimate of drug-likeness (QED) is 0.601. The van der Waals surface area contributed by atoms with Gasteiger partial charge in [0.25, 0.3) is 0 Å². The lowest BCUT2D eigenvalue weighted by Gasteiger charge is -2.15. The highest BCUT2D eigenvalue weighted by Gasteiger charge is 2.19. The summed E-state index contributed by atoms with van der Waals surface area (Å²) in [6, 6.07) is 8.09. The standard InChI is InChI=1S/C14H19NO3/c1-4-18-14(17)13(16)15(3)9-8-12-7-5-6-11(2)10-12/h5-7,10H,4,8-9H2,1-3H3. The van der Waals surface area contributed by atoms with Gasteiger partial charge in [0.2, 0.25) is 0 Å². The second-order valence-corrected chi connectivity index (χ2v) is 4.19. The Morgan fingerprint density at radius 1 is 1.33 bits per heavy atom. The molecule has 0 fully saturated rings. The van der Waals surface area contributed by atoms with Crippen LogP contribution in [-0.2, 0) is 20.7 Å². The number of amides is 1. The molecule has 0 aliphatic heterocycles. The van der Waals surface area contributed by atoms with Crippen molar-refractivity contribution in [3.8, 4) is 0 Å². The molecule has 0 N–H and O–H groups in total. The third-order valence-electron chi connectivity index (χ3n) is 2.62. The summed E-state index contributed by atoms with van der Waals surface area (Å²) in [7, 11) is 1.61. The minimum Gasteiger partial charge on any atom is -0.459 e. The number of benzene rings is 1.